The zero-order chi connectivity index (χ0) is 28.7. The summed E-state index contributed by atoms with van der Waals surface area (Å²) in [7, 11) is 3.14. The normalized spacial score (nSPS) is 18.3. The Kier molecular flexibility index (Phi) is 10.3. The number of aromatic nitrogens is 2. The molecule has 2 fully saturated rings. The number of benzene rings is 2. The minimum absolute atomic E-state index is 0.0161. The second-order valence-electron chi connectivity index (χ2n) is 10.5. The number of hydrogen-bond donors (Lipinski definition) is 3. The van der Waals surface area contributed by atoms with Crippen molar-refractivity contribution >= 4 is 33.1 Å². The Morgan fingerprint density at radius 3 is 2.65 bits per heavy atom. The quantitative estimate of drug-likeness (QED) is 0.312. The van der Waals surface area contributed by atoms with Gasteiger partial charge >= 0.3 is 186 Å². The molecule has 2 aromatic carbocycles. The van der Waals surface area contributed by atoms with E-state index in [1.165, 1.54) is 40.8 Å². The average Bonchev–Trinajstić information content (AvgIpc) is 3.41. The number of anilines is 2. The van der Waals surface area contributed by atoms with E-state index in [2.05, 4.69) is 16.0 Å². The van der Waals surface area contributed by atoms with Crippen molar-refractivity contribution in [2.45, 2.75) is 46.9 Å². The Hall–Kier alpha value is -2.79. The monoisotopic (exact) mass is 655 g/mol. The van der Waals surface area contributed by atoms with Gasteiger partial charge in [-0.05, 0) is 26.8 Å². The number of nitriles is 1. The van der Waals surface area contributed by atoms with Crippen LogP contribution in [0.3, 0.4) is 0 Å². The average molecular weight is 656 g/mol. The van der Waals surface area contributed by atoms with E-state index >= 15 is 0 Å². The number of hydrogen-bond acceptors (Lipinski definition) is 7. The molecule has 10 heteroatoms. The van der Waals surface area contributed by atoms with Crippen molar-refractivity contribution in [3.63, 3.8) is 0 Å². The number of nitrogens with one attached hydrogen (secondary N) is 1. The van der Waals surface area contributed by atoms with E-state index in [4.69, 9.17) is 9.84 Å². The van der Waals surface area contributed by atoms with Crippen molar-refractivity contribution in [1.29, 1.82) is 5.26 Å². The summed E-state index contributed by atoms with van der Waals surface area (Å²) in [6, 6.07) is 14.5. The predicted molar refractivity (Wildman–Crippen MR) is 159 cm³/mol. The molecule has 3 heterocycles. The van der Waals surface area contributed by atoms with Crippen LogP contribution in [0.4, 0.5) is 15.9 Å². The Morgan fingerprint density at radius 2 is 2.00 bits per heavy atom. The first kappa shape index (κ1) is 30.2. The van der Waals surface area contributed by atoms with Crippen LogP contribution in [0.25, 0.3) is 16.9 Å². The van der Waals surface area contributed by atoms with Crippen LogP contribution in [0.1, 0.15) is 38.2 Å². The van der Waals surface area contributed by atoms with Gasteiger partial charge in [0.15, 0.2) is 0 Å². The molecule has 8 nitrogen and oxygen atoms in total. The summed E-state index contributed by atoms with van der Waals surface area (Å²) in [5.74, 6) is 1.54. The summed E-state index contributed by atoms with van der Waals surface area (Å²) in [6.07, 6.45) is 4.02. The number of rotatable bonds is 7. The van der Waals surface area contributed by atoms with Gasteiger partial charge in [0.2, 0.25) is 0 Å². The van der Waals surface area contributed by atoms with Crippen molar-refractivity contribution in [2.24, 2.45) is 11.7 Å². The maximum atomic E-state index is 14.6. The summed E-state index contributed by atoms with van der Waals surface area (Å²) in [4.78, 5) is 2.25. The van der Waals surface area contributed by atoms with Crippen molar-refractivity contribution in [1.82, 2.24) is 9.78 Å². The topological polar surface area (TPSA) is 112 Å². The Labute approximate surface area is 246 Å². The molecule has 3 aromatic rings. The van der Waals surface area contributed by atoms with E-state index in [-0.39, 0.29) is 27.2 Å². The van der Waals surface area contributed by atoms with Crippen molar-refractivity contribution in [2.75, 3.05) is 44.0 Å². The van der Waals surface area contributed by atoms with Gasteiger partial charge in [-0.2, -0.15) is 5.26 Å². The minimum atomic E-state index is -0.621. The molecule has 2 aliphatic heterocycles. The van der Waals surface area contributed by atoms with Crippen LogP contribution < -0.4 is 20.7 Å². The second kappa shape index (κ2) is 13.7. The van der Waals surface area contributed by atoms with Crippen molar-refractivity contribution in [3.8, 4) is 28.8 Å². The van der Waals surface area contributed by atoms with Crippen LogP contribution in [0.5, 0.6) is 5.75 Å². The number of halogens is 1. The third-order valence-electron chi connectivity index (χ3n) is 7.58. The number of nitrogens with two attached hydrogens (primary N) is 1. The molecule has 5 rings (SSSR count). The van der Waals surface area contributed by atoms with Gasteiger partial charge in [-0.15, -0.1) is 0 Å². The summed E-state index contributed by atoms with van der Waals surface area (Å²) in [5.41, 5.74) is 7.02. The van der Waals surface area contributed by atoms with Crippen molar-refractivity contribution < 1.29 is 14.2 Å². The number of nitrogens with zero attached hydrogens (tertiary/aromatic N) is 4. The van der Waals surface area contributed by atoms with Gasteiger partial charge in [-0.25, -0.2) is 0 Å². The molecule has 0 spiro atoms. The molecule has 0 aliphatic carbocycles. The molecule has 0 amide bonds. The number of piperidine rings is 1. The SMILES string of the molecule is CN.COc1cc(N2CCC(C)(O)CC2)ccc1-n1nc(NCC2CC[CH2][Sb][CH2]2)cc1-c1ccc(C#N)c(F)c1. The first-order valence-corrected chi connectivity index (χ1v) is 17.4. The molecule has 213 valence electrons. The number of methoxy groups -OCH3 is 1. The predicted octanol–water partition coefficient (Wildman–Crippen LogP) is 4.85. The molecule has 0 bridgehead atoms. The van der Waals surface area contributed by atoms with E-state index in [9.17, 15) is 14.8 Å². The zero-order valence-corrected chi connectivity index (χ0v) is 26.1. The third kappa shape index (κ3) is 7.09. The standard InChI is InChI=1S/C29H34FN5O2.CH5N.Sb/c1-5-6-20(2)19-32-28-17-26(21-7-8-22(18-31)24(30)15-21)35(33-28)25-10-9-23(16-27(25)37-4)34-13-11-29(3,36)12-14-34;1-2;/h7-10,15-17,20,36H,1-2,5-6,11-14,19H2,3-4H3,(H,32,33);2H2,1H3;. The van der Waals surface area contributed by atoms with E-state index < -0.39 is 11.4 Å². The maximum absolute atomic E-state index is 14.6. The Balaban J connectivity index is 0.00000181. The van der Waals surface area contributed by atoms with Gasteiger partial charge in [0.1, 0.15) is 0 Å². The number of ether oxygens (including phenoxy) is 1. The first-order valence-electron chi connectivity index (χ1n) is 13.8. The van der Waals surface area contributed by atoms with Crippen LogP contribution in [-0.2, 0) is 0 Å². The molecular weight excluding hydrogens is 617 g/mol. The van der Waals surface area contributed by atoms with Crippen molar-refractivity contribution in [3.05, 3.63) is 53.8 Å². The third-order valence-corrected chi connectivity index (χ3v) is 11.6. The molecule has 1 unspecified atom stereocenters. The number of aliphatic hydroxyl groups is 1. The molecule has 2 aliphatic rings. The molecule has 40 heavy (non-hydrogen) atoms. The van der Waals surface area contributed by atoms with Crippen LogP contribution in [-0.4, -0.2) is 75.9 Å². The van der Waals surface area contributed by atoms with Gasteiger partial charge < -0.3 is 10.8 Å². The van der Waals surface area contributed by atoms with E-state index in [0.717, 1.165) is 42.5 Å². The van der Waals surface area contributed by atoms with Crippen LogP contribution in [0, 0.1) is 23.1 Å². The summed E-state index contributed by atoms with van der Waals surface area (Å²) < 4.78 is 25.1. The van der Waals surface area contributed by atoms with Gasteiger partial charge in [0, 0.05) is 13.1 Å². The Morgan fingerprint density at radius 1 is 1.23 bits per heavy atom. The van der Waals surface area contributed by atoms with Crippen LogP contribution >= 0.6 is 0 Å². The van der Waals surface area contributed by atoms with Crippen LogP contribution in [0.15, 0.2) is 42.5 Å². The van der Waals surface area contributed by atoms with Gasteiger partial charge in [0.25, 0.3) is 0 Å². The van der Waals surface area contributed by atoms with Gasteiger partial charge in [-0.3, -0.25) is 0 Å². The van der Waals surface area contributed by atoms with Gasteiger partial charge in [-0.1, -0.05) is 0 Å². The van der Waals surface area contributed by atoms with Gasteiger partial charge in [0.05, 0.1) is 5.60 Å². The summed E-state index contributed by atoms with van der Waals surface area (Å²) >= 11 is -0.0281. The second-order valence-corrected chi connectivity index (χ2v) is 14.1. The molecule has 1 radical (unpaired) electrons. The molecule has 0 saturated carbocycles. The molecule has 1 aromatic heterocycles. The van der Waals surface area contributed by atoms with E-state index in [1.807, 2.05) is 37.3 Å². The summed E-state index contributed by atoms with van der Waals surface area (Å²) in [6.45, 7) is 4.32. The molecule has 1 atom stereocenters. The van der Waals surface area contributed by atoms with Crippen LogP contribution in [0.2, 0.25) is 8.73 Å². The fraction of sp³-hybridized carbons (Fsp3) is 0.467. The molecular formula is C30H39FN6O2Sb. The molecule has 4 N–H and O–H groups in total. The summed E-state index contributed by atoms with van der Waals surface area (Å²) in [5, 5.41) is 28.0. The van der Waals surface area contributed by atoms with E-state index in [0.29, 0.717) is 30.1 Å². The Bertz CT molecular complexity index is 1320. The fourth-order valence-electron chi connectivity index (χ4n) is 5.18. The zero-order valence-electron chi connectivity index (χ0n) is 23.5. The van der Waals surface area contributed by atoms with E-state index in [1.54, 1.807) is 17.9 Å². The fourth-order valence-corrected chi connectivity index (χ4v) is 8.79. The first-order chi connectivity index (χ1) is 19.4. The molecule has 2 saturated heterocycles.